The zero-order chi connectivity index (χ0) is 95.9. The van der Waals surface area contributed by atoms with Gasteiger partial charge in [0.25, 0.3) is 0 Å². The molecule has 0 bridgehead atoms. The Hall–Kier alpha value is -7.60. The molecule has 24 heteroatoms. The van der Waals surface area contributed by atoms with Crippen molar-refractivity contribution in [3.8, 4) is 67.5 Å². The molecule has 0 aliphatic rings. The summed E-state index contributed by atoms with van der Waals surface area (Å²) in [5.74, 6) is 2.67. The van der Waals surface area contributed by atoms with Crippen LogP contribution in [0.4, 0.5) is 13.2 Å². The Bertz CT molecular complexity index is 4720. The molecule has 0 spiro atoms. The van der Waals surface area contributed by atoms with Crippen molar-refractivity contribution < 1.29 is 81.7 Å². The fraction of sp³-hybridized carbons (Fsp3) is 0.371. The first kappa shape index (κ1) is 119. The van der Waals surface area contributed by atoms with E-state index in [1.54, 1.807) is 6.92 Å². The van der Waals surface area contributed by atoms with E-state index in [0.29, 0.717) is 23.7 Å². The second-order valence-electron chi connectivity index (χ2n) is 38.6. The number of aliphatic hydroxyl groups excluding tert-OH is 3. The van der Waals surface area contributed by atoms with Gasteiger partial charge >= 0.3 is 35.7 Å². The molecule has 6 aromatic carbocycles. The molecule has 0 unspecified atom stereocenters. The average Bonchev–Trinajstić information content (AvgIpc) is 0.815. The molecule has 701 valence electrons. The third-order valence-corrected chi connectivity index (χ3v) is 32.2. The Morgan fingerprint density at radius 3 is 0.698 bits per heavy atom. The maximum absolute atomic E-state index is 10.7. The number of hydrogen-bond acceptors (Lipinski definition) is 11. The quantitative estimate of drug-likeness (QED) is 0.0245. The first-order valence-electron chi connectivity index (χ1n) is 43.7. The van der Waals surface area contributed by atoms with Crippen LogP contribution in [0.3, 0.4) is 0 Å². The molecule has 6 heterocycles. The number of aliphatic hydroxyl groups is 3. The van der Waals surface area contributed by atoms with Crippen molar-refractivity contribution in [2.45, 2.75) is 211 Å². The largest absolute Gasteiger partial charge is 3.00 e. The topological polar surface area (TPSA) is 192 Å². The number of benzene rings is 6. The van der Waals surface area contributed by atoms with E-state index in [9.17, 15) is 13.2 Å². The van der Waals surface area contributed by atoms with Gasteiger partial charge < -0.3 is 40.2 Å². The summed E-state index contributed by atoms with van der Waals surface area (Å²) in [4.78, 5) is 27.8. The van der Waals surface area contributed by atoms with Crippen molar-refractivity contribution in [1.29, 1.82) is 0 Å². The van der Waals surface area contributed by atoms with Gasteiger partial charge in [-0.3, -0.25) is 9.54 Å². The normalized spacial score (nSPS) is 11.3. The number of aromatic nitrogens is 6. The molecule has 0 saturated heterocycles. The molecule has 12 aromatic rings. The van der Waals surface area contributed by atoms with Crippen LogP contribution in [-0.2, 0) is 76.0 Å². The van der Waals surface area contributed by atoms with E-state index in [2.05, 4.69) is 343 Å². The summed E-state index contributed by atoms with van der Waals surface area (Å²) in [5, 5.41) is 30.3. The third-order valence-electron chi connectivity index (χ3n) is 19.2. The number of nitrogens with zero attached hydrogens (tertiary/aromatic N) is 6. The van der Waals surface area contributed by atoms with Crippen molar-refractivity contribution in [2.24, 2.45) is 23.7 Å². The minimum Gasteiger partial charge on any atom is -0.400 e. The first-order chi connectivity index (χ1) is 59.3. The zero-order valence-corrected chi connectivity index (χ0v) is 93.5. The van der Waals surface area contributed by atoms with Crippen LogP contribution in [0, 0.1) is 54.0 Å². The molecule has 12 rings (SSSR count). The van der Waals surface area contributed by atoms with Crippen LogP contribution in [0.1, 0.15) is 84.6 Å². The van der Waals surface area contributed by atoms with E-state index < -0.39 is 64.1 Å². The fourth-order valence-corrected chi connectivity index (χ4v) is 21.5. The van der Waals surface area contributed by atoms with Crippen LogP contribution in [-0.4, -0.2) is 133 Å². The van der Waals surface area contributed by atoms with Crippen molar-refractivity contribution >= 4 is 89.7 Å². The molecule has 129 heavy (non-hydrogen) atoms. The third kappa shape index (κ3) is 43.3. The van der Waals surface area contributed by atoms with Gasteiger partial charge in [-0.15, -0.1) is 179 Å². The van der Waals surface area contributed by atoms with Crippen molar-refractivity contribution in [2.75, 3.05) is 20.8 Å². The number of alkyl halides is 3. The fourth-order valence-electron chi connectivity index (χ4n) is 13.1. The number of hydrogen-bond donors (Lipinski definition) is 4. The first-order valence-corrected chi connectivity index (χ1v) is 66.1. The Kier molecular flexibility index (Phi) is 52.8. The van der Waals surface area contributed by atoms with E-state index in [1.165, 1.54) is 58.9 Å². The summed E-state index contributed by atoms with van der Waals surface area (Å²) >= 11 is 0. The molecule has 0 atom stereocenters. The predicted octanol–water partition coefficient (Wildman–Crippen LogP) is 23.2. The SMILES string of the molecule is CC(C)Cc1cc(-c2[c-]cccc2)ncc1[Si](C)(C)C.CC(C)Cc1cc(-c2[c-]cccc2)ncc1[Si](C)(C)C.CC(C)Cc1cc(-c2[c-]cccc2)ncc1[Si](C)(C)C.CC(C)Cc1cc(-c2[c-]cccc2)ncc1[Si](C)(C)C.CCO.CO.CO.C[Si](C)(C)c1ccc(-c2[c-]cccc2)nc1.C[Si](C)(C)c1ccc(-c2ccccc2)nc1.O=S(=O)(O)C(F)(F)F.[Ir+3].[Ir]. The molecule has 0 amide bonds. The molecule has 0 saturated carbocycles. The van der Waals surface area contributed by atoms with Gasteiger partial charge in [0.05, 0.1) is 54.1 Å². The molecule has 0 fully saturated rings. The van der Waals surface area contributed by atoms with Gasteiger partial charge in [-0.25, -0.2) is 0 Å². The molecule has 0 aliphatic heterocycles. The Labute approximate surface area is 807 Å². The Balaban J connectivity index is 0.000000749. The summed E-state index contributed by atoms with van der Waals surface area (Å²) in [6.45, 7) is 62.9. The second kappa shape index (κ2) is 57.1. The van der Waals surface area contributed by atoms with Gasteiger partial charge in [0, 0.05) is 83.7 Å². The second-order valence-corrected chi connectivity index (χ2v) is 70.4. The Morgan fingerprint density at radius 2 is 0.527 bits per heavy atom. The minimum atomic E-state index is -5.84. The van der Waals surface area contributed by atoms with Gasteiger partial charge in [0.15, 0.2) is 0 Å². The molecule has 4 N–H and O–H groups in total. The number of rotatable bonds is 20. The molecular formula is C105H144F3Ir2N6O6SSi6-2. The molecular weight excluding hydrogens is 2080 g/mol. The summed E-state index contributed by atoms with van der Waals surface area (Å²) in [5.41, 5.74) is 13.2. The standard InChI is InChI=1S/4C18H24NSi.C14H17NSi.C14H16NSi.C2H6O.CHF3O3S.2CH4O.2Ir/c4*1-14(2)11-16-12-17(15-9-7-6-8-10-15)19-13-18(16)20(3,4)5;2*1-16(2,3)13-9-10-14(15-11-13)12-7-5-4-6-8-12;1-2-3;2-1(3,4)8(5,6)7;2*1-2;;/h4*6-9,12-14H,11H2,1-5H3;4-11H,1-3H3;4-7,9-11H,1-3H3;3H,2H2,1H3;(H,5,6,7);2*2H,1H3;;/q4*-1;;-1;;;;;;+3. The summed E-state index contributed by atoms with van der Waals surface area (Å²) in [6, 6.07) is 84.6. The van der Waals surface area contributed by atoms with E-state index in [0.717, 1.165) is 102 Å². The molecule has 0 aliphatic carbocycles. The van der Waals surface area contributed by atoms with Crippen LogP contribution >= 0.6 is 0 Å². The van der Waals surface area contributed by atoms with Crippen LogP contribution in [0.15, 0.2) is 237 Å². The predicted molar refractivity (Wildman–Crippen MR) is 551 cm³/mol. The molecule has 12 nitrogen and oxygen atoms in total. The monoisotopic (exact) mass is 2230 g/mol. The molecule has 6 aromatic heterocycles. The summed E-state index contributed by atoms with van der Waals surface area (Å²) < 4.78 is 57.5. The van der Waals surface area contributed by atoms with E-state index in [4.69, 9.17) is 28.3 Å². The smallest absolute Gasteiger partial charge is 0.400 e. The van der Waals surface area contributed by atoms with Crippen LogP contribution in [0.5, 0.6) is 0 Å². The van der Waals surface area contributed by atoms with Crippen LogP contribution in [0.2, 0.25) is 118 Å². The van der Waals surface area contributed by atoms with Crippen LogP contribution in [0.25, 0.3) is 67.5 Å². The van der Waals surface area contributed by atoms with Crippen molar-refractivity contribution in [1.82, 2.24) is 29.9 Å². The zero-order valence-electron chi connectivity index (χ0n) is 81.9. The molecule has 1 radical (unpaired) electrons. The maximum atomic E-state index is 10.7. The van der Waals surface area contributed by atoms with Crippen molar-refractivity contribution in [3.05, 3.63) is 290 Å². The van der Waals surface area contributed by atoms with E-state index in [-0.39, 0.29) is 46.8 Å². The van der Waals surface area contributed by atoms with Gasteiger partial charge in [0.2, 0.25) is 0 Å². The average molecular weight is 2230 g/mol. The van der Waals surface area contributed by atoms with Gasteiger partial charge in [0.1, 0.15) is 0 Å². The van der Waals surface area contributed by atoms with E-state index >= 15 is 0 Å². The number of halogens is 3. The maximum Gasteiger partial charge on any atom is 3.00 e. The van der Waals surface area contributed by atoms with Gasteiger partial charge in [-0.1, -0.05) is 268 Å². The minimum absolute atomic E-state index is 0. The van der Waals surface area contributed by atoms with Gasteiger partial charge in [-0.2, -0.15) is 21.6 Å². The van der Waals surface area contributed by atoms with Crippen LogP contribution < -0.4 is 31.1 Å². The van der Waals surface area contributed by atoms with Crippen molar-refractivity contribution in [3.63, 3.8) is 0 Å². The van der Waals surface area contributed by atoms with E-state index in [1.807, 2.05) is 128 Å². The summed E-state index contributed by atoms with van der Waals surface area (Å²) in [6.07, 6.45) is 17.0. The number of pyridine rings is 6. The summed E-state index contributed by atoms with van der Waals surface area (Å²) in [7, 11) is -11.7. The van der Waals surface area contributed by atoms with Gasteiger partial charge in [-0.05, 0) is 122 Å². The Morgan fingerprint density at radius 1 is 0.326 bits per heavy atom.